The third-order valence-electron chi connectivity index (χ3n) is 7.59. The molecule has 1 saturated carbocycles. The van der Waals surface area contributed by atoms with Crippen LogP contribution in [0.15, 0.2) is 35.4 Å². The van der Waals surface area contributed by atoms with E-state index in [2.05, 4.69) is 0 Å². The van der Waals surface area contributed by atoms with Gasteiger partial charge in [-0.2, -0.15) is 0 Å². The summed E-state index contributed by atoms with van der Waals surface area (Å²) in [6, 6.07) is 2.60. The molecule has 2 fully saturated rings. The molecule has 5 rings (SSSR count). The van der Waals surface area contributed by atoms with Crippen LogP contribution in [0.4, 0.5) is 0 Å². The first-order valence-electron chi connectivity index (χ1n) is 11.3. The number of carbonyl (C=O) groups is 3. The Balaban J connectivity index is 1.62. The number of hydrogen-bond acceptors (Lipinski definition) is 10. The fraction of sp³-hybridized carbons (Fsp3) is 0.480. The number of phenolic OH excluding ortho intramolecular Hbond substituents is 1. The van der Waals surface area contributed by atoms with Gasteiger partial charge in [0.25, 0.3) is 0 Å². The first kappa shape index (κ1) is 24.0. The van der Waals surface area contributed by atoms with Crippen LogP contribution in [-0.4, -0.2) is 83.1 Å². The van der Waals surface area contributed by atoms with Crippen molar-refractivity contribution < 1.29 is 49.8 Å². The van der Waals surface area contributed by atoms with E-state index in [1.165, 1.54) is 19.1 Å². The highest BCUT2D eigenvalue weighted by molar-refractivity contribution is 6.31. The molecule has 10 nitrogen and oxygen atoms in total. The Morgan fingerprint density at radius 2 is 1.74 bits per heavy atom. The Labute approximate surface area is 199 Å². The van der Waals surface area contributed by atoms with Crippen LogP contribution in [-0.2, 0) is 9.53 Å². The number of ether oxygens (including phenoxy) is 1. The van der Waals surface area contributed by atoms with Gasteiger partial charge in [-0.05, 0) is 26.0 Å². The van der Waals surface area contributed by atoms with E-state index in [1.807, 2.05) is 0 Å². The van der Waals surface area contributed by atoms with Crippen molar-refractivity contribution in [3.05, 3.63) is 52.1 Å². The van der Waals surface area contributed by atoms with Gasteiger partial charge in [0.05, 0.1) is 35.0 Å². The van der Waals surface area contributed by atoms with E-state index in [1.54, 1.807) is 6.92 Å². The maximum atomic E-state index is 13.5. The fourth-order valence-electron chi connectivity index (χ4n) is 5.82. The molecule has 1 aliphatic heterocycles. The molecule has 1 aromatic carbocycles. The van der Waals surface area contributed by atoms with Gasteiger partial charge in [0.2, 0.25) is 0 Å². The quantitative estimate of drug-likeness (QED) is 0.311. The lowest BCUT2D eigenvalue weighted by molar-refractivity contribution is -0.183. The standard InChI is InChI=1S/C25H26O10/c1-10-19(28)14(26)7-15(35-10)11-3-4-12-17(20(11)29)21(30)13-5-6-24(33)9-23(2,32)8-16(27)25(24,34)18(13)22(12)31/h3-6,10,14-15,19,26,28-29,32-34H,7-9H2,1-2H3/t10?,14-,15-,19-,23+,24+,25+/m1/s1. The number of rotatable bonds is 1. The molecule has 0 aromatic heterocycles. The molecule has 1 saturated heterocycles. The predicted molar refractivity (Wildman–Crippen MR) is 118 cm³/mol. The van der Waals surface area contributed by atoms with Crippen LogP contribution in [0.25, 0.3) is 0 Å². The number of carbonyl (C=O) groups excluding carboxylic acids is 3. The lowest BCUT2D eigenvalue weighted by atomic mass is 9.57. The van der Waals surface area contributed by atoms with E-state index >= 15 is 0 Å². The summed E-state index contributed by atoms with van der Waals surface area (Å²) < 4.78 is 5.70. The molecule has 1 aromatic rings. The van der Waals surface area contributed by atoms with E-state index < -0.39 is 82.7 Å². The highest BCUT2D eigenvalue weighted by Crippen LogP contribution is 2.51. The Kier molecular flexibility index (Phi) is 5.06. The van der Waals surface area contributed by atoms with Gasteiger partial charge in [0.15, 0.2) is 23.0 Å². The smallest absolute Gasteiger partial charge is 0.198 e. The van der Waals surface area contributed by atoms with Crippen molar-refractivity contribution >= 4 is 17.3 Å². The molecule has 4 aliphatic rings. The lowest BCUT2D eigenvalue weighted by Gasteiger charge is -2.51. The van der Waals surface area contributed by atoms with Crippen molar-refractivity contribution in [2.24, 2.45) is 0 Å². The Hall–Kier alpha value is -2.73. The van der Waals surface area contributed by atoms with Crippen LogP contribution in [0.3, 0.4) is 0 Å². The predicted octanol–water partition coefficient (Wildman–Crippen LogP) is -0.215. The molecule has 0 radical (unpaired) electrons. The Morgan fingerprint density at radius 3 is 2.40 bits per heavy atom. The van der Waals surface area contributed by atoms with Crippen molar-refractivity contribution in [1.29, 1.82) is 0 Å². The average Bonchev–Trinajstić information content (AvgIpc) is 2.75. The molecule has 3 aliphatic carbocycles. The summed E-state index contributed by atoms with van der Waals surface area (Å²) in [5, 5.41) is 64.1. The number of aliphatic hydroxyl groups excluding tert-OH is 2. The normalized spacial score (nSPS) is 40.9. The first-order chi connectivity index (χ1) is 16.2. The third-order valence-corrected chi connectivity index (χ3v) is 7.59. The number of phenols is 1. The number of allylic oxidation sites excluding steroid dienone is 2. The molecule has 35 heavy (non-hydrogen) atoms. The van der Waals surface area contributed by atoms with Crippen LogP contribution in [0.1, 0.15) is 65.5 Å². The highest BCUT2D eigenvalue weighted by atomic mass is 16.5. The minimum atomic E-state index is -2.75. The van der Waals surface area contributed by atoms with Gasteiger partial charge in [-0.1, -0.05) is 12.1 Å². The summed E-state index contributed by atoms with van der Waals surface area (Å²) >= 11 is 0. The van der Waals surface area contributed by atoms with Crippen LogP contribution >= 0.6 is 0 Å². The number of fused-ring (bicyclic) bond motifs is 3. The van der Waals surface area contributed by atoms with Gasteiger partial charge in [0, 0.05) is 36.0 Å². The summed E-state index contributed by atoms with van der Waals surface area (Å²) in [5.74, 6) is -3.30. The molecule has 6 N–H and O–H groups in total. The molecule has 0 amide bonds. The zero-order valence-electron chi connectivity index (χ0n) is 19.1. The molecule has 7 atom stereocenters. The third kappa shape index (κ3) is 3.15. The summed E-state index contributed by atoms with van der Waals surface area (Å²) in [4.78, 5) is 40.0. The van der Waals surface area contributed by atoms with E-state index in [9.17, 15) is 45.0 Å². The van der Waals surface area contributed by atoms with Gasteiger partial charge < -0.3 is 35.4 Å². The van der Waals surface area contributed by atoms with Crippen LogP contribution in [0, 0.1) is 0 Å². The maximum absolute atomic E-state index is 13.5. The summed E-state index contributed by atoms with van der Waals surface area (Å²) in [7, 11) is 0. The number of aromatic hydroxyl groups is 1. The average molecular weight is 486 g/mol. The van der Waals surface area contributed by atoms with E-state index in [0.29, 0.717) is 0 Å². The second-order valence-electron chi connectivity index (χ2n) is 10.2. The van der Waals surface area contributed by atoms with Crippen molar-refractivity contribution in [2.75, 3.05) is 0 Å². The monoisotopic (exact) mass is 486 g/mol. The number of Topliss-reactive ketones (excluding diaryl/α,β-unsaturated/α-hetero) is 3. The largest absolute Gasteiger partial charge is 0.507 e. The fourth-order valence-corrected chi connectivity index (χ4v) is 5.82. The highest BCUT2D eigenvalue weighted by Gasteiger charge is 2.66. The summed E-state index contributed by atoms with van der Waals surface area (Å²) in [5.41, 5.74) is -8.12. The number of ketones is 3. The van der Waals surface area contributed by atoms with Gasteiger partial charge in [0.1, 0.15) is 17.5 Å². The number of hydrogen-bond donors (Lipinski definition) is 6. The van der Waals surface area contributed by atoms with Crippen molar-refractivity contribution in [2.45, 2.75) is 74.3 Å². The van der Waals surface area contributed by atoms with Crippen LogP contribution in [0.2, 0.25) is 0 Å². The number of aliphatic hydroxyl groups is 5. The van der Waals surface area contributed by atoms with Gasteiger partial charge in [-0.25, -0.2) is 0 Å². The van der Waals surface area contributed by atoms with E-state index in [4.69, 9.17) is 4.74 Å². The van der Waals surface area contributed by atoms with E-state index in [0.717, 1.165) is 12.2 Å². The molecule has 186 valence electrons. The second-order valence-corrected chi connectivity index (χ2v) is 10.2. The minimum absolute atomic E-state index is 0.0605. The Morgan fingerprint density at radius 1 is 1.06 bits per heavy atom. The first-order valence-corrected chi connectivity index (χ1v) is 11.3. The Bertz CT molecular complexity index is 1230. The van der Waals surface area contributed by atoms with E-state index in [-0.39, 0.29) is 28.7 Å². The SMILES string of the molecule is CC1O[C@@H](c2ccc3c(c2O)C(=O)C2=C(C3=O)[C@@]3(O)C(=O)C[C@](C)(O)C[C@@]3(O)C=C2)C[C@@H](O)[C@@H]1O. The van der Waals surface area contributed by atoms with Crippen molar-refractivity contribution in [1.82, 2.24) is 0 Å². The van der Waals surface area contributed by atoms with Crippen molar-refractivity contribution in [3.8, 4) is 5.75 Å². The second kappa shape index (κ2) is 7.39. The zero-order chi connectivity index (χ0) is 25.7. The minimum Gasteiger partial charge on any atom is -0.507 e. The molecular weight excluding hydrogens is 460 g/mol. The van der Waals surface area contributed by atoms with Crippen LogP contribution in [0.5, 0.6) is 5.75 Å². The van der Waals surface area contributed by atoms with Gasteiger partial charge in [-0.15, -0.1) is 0 Å². The molecule has 10 heteroatoms. The lowest BCUT2D eigenvalue weighted by Crippen LogP contribution is -2.69. The maximum Gasteiger partial charge on any atom is 0.198 e. The topological polar surface area (TPSA) is 182 Å². The molecule has 1 heterocycles. The zero-order valence-corrected chi connectivity index (χ0v) is 19.1. The molecule has 0 spiro atoms. The summed E-state index contributed by atoms with van der Waals surface area (Å²) in [6.07, 6.45) is -2.78. The van der Waals surface area contributed by atoms with Crippen LogP contribution < -0.4 is 0 Å². The molecule has 0 bridgehead atoms. The molecule has 1 unspecified atom stereocenters. The van der Waals surface area contributed by atoms with Gasteiger partial charge in [-0.3, -0.25) is 14.4 Å². The van der Waals surface area contributed by atoms with Gasteiger partial charge >= 0.3 is 0 Å². The van der Waals surface area contributed by atoms with Crippen molar-refractivity contribution in [3.63, 3.8) is 0 Å². The number of benzene rings is 1. The molecular formula is C25H26O10. The summed E-state index contributed by atoms with van der Waals surface area (Å²) in [6.45, 7) is 2.88.